The predicted octanol–water partition coefficient (Wildman–Crippen LogP) is 12.5. The van der Waals surface area contributed by atoms with Gasteiger partial charge in [0, 0.05) is 0 Å². The summed E-state index contributed by atoms with van der Waals surface area (Å²) in [5.41, 5.74) is 1.22. The van der Waals surface area contributed by atoms with Crippen LogP contribution in [0.2, 0.25) is 0 Å². The molecule has 0 bridgehead atoms. The molecule has 0 saturated heterocycles. The second kappa shape index (κ2) is 18.6. The lowest BCUT2D eigenvalue weighted by Gasteiger charge is -2.62. The zero-order chi connectivity index (χ0) is 28.7. The van der Waals surface area contributed by atoms with Crippen LogP contribution in [-0.4, -0.2) is 13.1 Å². The Kier molecular flexibility index (Phi) is 16.0. The summed E-state index contributed by atoms with van der Waals surface area (Å²) in [4.78, 5) is 0. The van der Waals surface area contributed by atoms with Crippen LogP contribution in [-0.2, 0) is 0 Å². The van der Waals surface area contributed by atoms with E-state index in [9.17, 15) is 0 Å². The van der Waals surface area contributed by atoms with Crippen LogP contribution in [0.5, 0.6) is 0 Å². The highest BCUT2D eigenvalue weighted by molar-refractivity contribution is 5.05. The molecule has 1 heteroatoms. The average Bonchev–Trinajstić information content (AvgIpc) is 2.94. The summed E-state index contributed by atoms with van der Waals surface area (Å²) in [5, 5.41) is 3.79. The molecule has 1 nitrogen and oxygen atoms in total. The minimum atomic E-state index is 0.575. The van der Waals surface area contributed by atoms with Gasteiger partial charge in [-0.3, -0.25) is 0 Å². The molecule has 0 amide bonds. The molecule has 3 aliphatic carbocycles. The Bertz CT molecular complexity index is 639. The minimum Gasteiger partial charge on any atom is -0.317 e. The Balaban J connectivity index is 1.24. The third kappa shape index (κ3) is 10.0. The molecule has 236 valence electrons. The standard InChI is InChI=1S/C39H75N/c1-6-8-10-11-12-13-14-15-16-17-18-20-31-40-32-21-19-24-34-25-22-26-37-35-28-27-33(23-9-7-2)38(3,4)36(35)29-30-39(34,37)5/h33-37,40H,6-32H2,1-5H3/t33?,34-,35?,36?,37?,39+/m0/s1. The first-order chi connectivity index (χ1) is 19.4. The molecule has 40 heavy (non-hydrogen) atoms. The first kappa shape index (κ1) is 34.5. The number of fused-ring (bicyclic) bond motifs is 3. The van der Waals surface area contributed by atoms with Gasteiger partial charge < -0.3 is 5.32 Å². The number of hydrogen-bond acceptors (Lipinski definition) is 1. The molecule has 0 radical (unpaired) electrons. The monoisotopic (exact) mass is 558 g/mol. The molecule has 0 heterocycles. The molecule has 0 spiro atoms. The van der Waals surface area contributed by atoms with Gasteiger partial charge in [-0.2, -0.15) is 0 Å². The van der Waals surface area contributed by atoms with Gasteiger partial charge in [-0.1, -0.05) is 131 Å². The Labute approximate surface area is 253 Å². The van der Waals surface area contributed by atoms with Crippen LogP contribution in [0.15, 0.2) is 0 Å². The van der Waals surface area contributed by atoms with E-state index in [1.165, 1.54) is 161 Å². The lowest BCUT2D eigenvalue weighted by molar-refractivity contribution is -0.127. The highest BCUT2D eigenvalue weighted by atomic mass is 14.8. The Morgan fingerprint density at radius 3 is 1.75 bits per heavy atom. The maximum Gasteiger partial charge on any atom is -0.00489 e. The number of unbranched alkanes of at least 4 members (excludes halogenated alkanes) is 13. The van der Waals surface area contributed by atoms with Crippen molar-refractivity contribution in [3.05, 3.63) is 0 Å². The van der Waals surface area contributed by atoms with Crippen LogP contribution in [0.3, 0.4) is 0 Å². The van der Waals surface area contributed by atoms with Crippen molar-refractivity contribution in [2.75, 3.05) is 13.1 Å². The molecule has 3 fully saturated rings. The van der Waals surface area contributed by atoms with Crippen molar-refractivity contribution < 1.29 is 0 Å². The fraction of sp³-hybridized carbons (Fsp3) is 1.00. The van der Waals surface area contributed by atoms with E-state index in [2.05, 4.69) is 39.9 Å². The zero-order valence-corrected chi connectivity index (χ0v) is 28.5. The zero-order valence-electron chi connectivity index (χ0n) is 28.5. The molecule has 3 aliphatic rings. The van der Waals surface area contributed by atoms with Gasteiger partial charge in [-0.15, -0.1) is 0 Å². The van der Waals surface area contributed by atoms with Gasteiger partial charge in [0.2, 0.25) is 0 Å². The van der Waals surface area contributed by atoms with E-state index < -0.39 is 0 Å². The summed E-state index contributed by atoms with van der Waals surface area (Å²) < 4.78 is 0. The van der Waals surface area contributed by atoms with Gasteiger partial charge in [0.05, 0.1) is 0 Å². The molecule has 4 unspecified atom stereocenters. The third-order valence-electron chi connectivity index (χ3n) is 13.0. The molecule has 1 N–H and O–H groups in total. The van der Waals surface area contributed by atoms with Gasteiger partial charge in [-0.05, 0) is 118 Å². The van der Waals surface area contributed by atoms with Crippen LogP contribution >= 0.6 is 0 Å². The van der Waals surface area contributed by atoms with E-state index in [4.69, 9.17) is 0 Å². The highest BCUT2D eigenvalue weighted by Gasteiger charge is 2.56. The smallest absolute Gasteiger partial charge is 0.00489 e. The van der Waals surface area contributed by atoms with Crippen molar-refractivity contribution in [2.24, 2.45) is 40.4 Å². The second-order valence-electron chi connectivity index (χ2n) is 15.9. The average molecular weight is 558 g/mol. The lowest BCUT2D eigenvalue weighted by atomic mass is 9.43. The second-order valence-corrected chi connectivity index (χ2v) is 15.9. The molecule has 6 atom stereocenters. The van der Waals surface area contributed by atoms with Gasteiger partial charge in [0.25, 0.3) is 0 Å². The predicted molar refractivity (Wildman–Crippen MR) is 179 cm³/mol. The van der Waals surface area contributed by atoms with Crippen molar-refractivity contribution in [3.63, 3.8) is 0 Å². The molecular weight excluding hydrogens is 482 g/mol. The molecule has 0 aromatic heterocycles. The maximum atomic E-state index is 3.79. The molecule has 0 aromatic carbocycles. The summed E-state index contributed by atoms with van der Waals surface area (Å²) >= 11 is 0. The fourth-order valence-electron chi connectivity index (χ4n) is 10.3. The van der Waals surface area contributed by atoms with Gasteiger partial charge in [0.15, 0.2) is 0 Å². The molecule has 0 aromatic rings. The molecule has 3 saturated carbocycles. The van der Waals surface area contributed by atoms with Crippen LogP contribution in [0, 0.1) is 40.4 Å². The first-order valence-corrected chi connectivity index (χ1v) is 19.2. The third-order valence-corrected chi connectivity index (χ3v) is 13.0. The SMILES string of the molecule is CCCCCCCCCCCCCCNCCCC[C@H]1CCCC2C3CCC(CCCC)C(C)(C)C3CC[C@@]21C. The van der Waals surface area contributed by atoms with E-state index in [-0.39, 0.29) is 0 Å². The van der Waals surface area contributed by atoms with Crippen molar-refractivity contribution in [1.29, 1.82) is 0 Å². The number of nitrogens with one attached hydrogen (secondary N) is 1. The quantitative estimate of drug-likeness (QED) is 0.138. The number of rotatable bonds is 21. The van der Waals surface area contributed by atoms with Crippen LogP contribution in [0.1, 0.15) is 195 Å². The Hall–Kier alpha value is -0.0400. The molecular formula is C39H75N. The fourth-order valence-corrected chi connectivity index (χ4v) is 10.3. The van der Waals surface area contributed by atoms with E-state index >= 15 is 0 Å². The van der Waals surface area contributed by atoms with Crippen LogP contribution < -0.4 is 5.32 Å². The number of hydrogen-bond donors (Lipinski definition) is 1. The van der Waals surface area contributed by atoms with Crippen molar-refractivity contribution in [3.8, 4) is 0 Å². The highest BCUT2D eigenvalue weighted by Crippen LogP contribution is 2.65. The lowest BCUT2D eigenvalue weighted by Crippen LogP contribution is -2.54. The van der Waals surface area contributed by atoms with E-state index in [0.717, 1.165) is 29.6 Å². The first-order valence-electron chi connectivity index (χ1n) is 19.2. The van der Waals surface area contributed by atoms with Gasteiger partial charge >= 0.3 is 0 Å². The summed E-state index contributed by atoms with van der Waals surface area (Å²) in [6.07, 6.45) is 36.8. The Morgan fingerprint density at radius 2 is 1.10 bits per heavy atom. The summed E-state index contributed by atoms with van der Waals surface area (Å²) in [7, 11) is 0. The van der Waals surface area contributed by atoms with Gasteiger partial charge in [-0.25, -0.2) is 0 Å². The Morgan fingerprint density at radius 1 is 0.525 bits per heavy atom. The summed E-state index contributed by atoms with van der Waals surface area (Å²) in [6, 6.07) is 0. The van der Waals surface area contributed by atoms with Crippen LogP contribution in [0.4, 0.5) is 0 Å². The van der Waals surface area contributed by atoms with E-state index in [0.29, 0.717) is 10.8 Å². The summed E-state index contributed by atoms with van der Waals surface area (Å²) in [5.74, 6) is 5.06. The van der Waals surface area contributed by atoms with E-state index in [1.807, 2.05) is 0 Å². The largest absolute Gasteiger partial charge is 0.317 e. The topological polar surface area (TPSA) is 12.0 Å². The van der Waals surface area contributed by atoms with Crippen molar-refractivity contribution >= 4 is 0 Å². The van der Waals surface area contributed by atoms with Crippen molar-refractivity contribution in [2.45, 2.75) is 195 Å². The summed E-state index contributed by atoms with van der Waals surface area (Å²) in [6.45, 7) is 15.3. The minimum absolute atomic E-state index is 0.575. The van der Waals surface area contributed by atoms with Crippen LogP contribution in [0.25, 0.3) is 0 Å². The molecule has 3 rings (SSSR count). The van der Waals surface area contributed by atoms with E-state index in [1.54, 1.807) is 12.8 Å². The van der Waals surface area contributed by atoms with Gasteiger partial charge in [0.1, 0.15) is 0 Å². The maximum absolute atomic E-state index is 3.79. The molecule has 0 aliphatic heterocycles. The van der Waals surface area contributed by atoms with Crippen molar-refractivity contribution in [1.82, 2.24) is 5.32 Å². The normalized spacial score (nSPS) is 31.6.